The SMILES string of the molecule is O=c1c2ccccc2oc2cc(-c3ccc(-n4c5cc(N(c6ccccc6)c6ccccc6)ccc5c5cc6c(cc54)Oc4ccccc4O6)cc3)ccc12. The highest BCUT2D eigenvalue weighted by Gasteiger charge is 2.24. The zero-order chi connectivity index (χ0) is 36.5. The lowest BCUT2D eigenvalue weighted by molar-refractivity contribution is 0.360. The number of aromatic nitrogens is 1. The van der Waals surface area contributed by atoms with Crippen molar-refractivity contribution < 1.29 is 13.9 Å². The molecule has 0 N–H and O–H groups in total. The Labute approximate surface area is 315 Å². The molecule has 0 bridgehead atoms. The average Bonchev–Trinajstić information content (AvgIpc) is 3.55. The molecule has 0 saturated carbocycles. The minimum Gasteiger partial charge on any atom is -0.456 e. The Morgan fingerprint density at radius 3 is 1.71 bits per heavy atom. The van der Waals surface area contributed by atoms with Crippen LogP contribution in [-0.2, 0) is 0 Å². The number of nitrogens with zero attached hydrogens (tertiary/aromatic N) is 2. The van der Waals surface area contributed by atoms with Crippen LogP contribution in [0.2, 0.25) is 0 Å². The normalized spacial score (nSPS) is 12.0. The Kier molecular flexibility index (Phi) is 6.91. The molecule has 3 heterocycles. The molecule has 0 atom stereocenters. The summed E-state index contributed by atoms with van der Waals surface area (Å²) in [4.78, 5) is 15.5. The van der Waals surface area contributed by atoms with Crippen molar-refractivity contribution in [3.05, 3.63) is 192 Å². The molecule has 0 unspecified atom stereocenters. The van der Waals surface area contributed by atoms with E-state index in [4.69, 9.17) is 13.9 Å². The summed E-state index contributed by atoms with van der Waals surface area (Å²) in [5, 5.41) is 3.29. The quantitative estimate of drug-likeness (QED) is 0.166. The zero-order valence-electron chi connectivity index (χ0n) is 29.3. The minimum atomic E-state index is -0.0253. The summed E-state index contributed by atoms with van der Waals surface area (Å²) in [6.45, 7) is 0. The second-order valence-corrected chi connectivity index (χ2v) is 13.7. The highest BCUT2D eigenvalue weighted by molar-refractivity contribution is 6.11. The van der Waals surface area contributed by atoms with Gasteiger partial charge in [0.25, 0.3) is 0 Å². The van der Waals surface area contributed by atoms with E-state index in [1.807, 2.05) is 72.8 Å². The van der Waals surface area contributed by atoms with Crippen LogP contribution < -0.4 is 19.8 Å². The second kappa shape index (κ2) is 12.3. The Morgan fingerprint density at radius 2 is 0.982 bits per heavy atom. The first-order valence-electron chi connectivity index (χ1n) is 18.2. The molecule has 0 spiro atoms. The lowest BCUT2D eigenvalue weighted by atomic mass is 10.0. The van der Waals surface area contributed by atoms with Gasteiger partial charge in [0.15, 0.2) is 23.0 Å². The molecule has 0 aliphatic carbocycles. The summed E-state index contributed by atoms with van der Waals surface area (Å²) in [7, 11) is 0. The minimum absolute atomic E-state index is 0.0253. The van der Waals surface area contributed by atoms with E-state index in [9.17, 15) is 4.79 Å². The van der Waals surface area contributed by atoms with Gasteiger partial charge < -0.3 is 23.4 Å². The van der Waals surface area contributed by atoms with E-state index in [-0.39, 0.29) is 5.43 Å². The fourth-order valence-electron chi connectivity index (χ4n) is 7.83. The molecule has 10 aromatic rings. The molecule has 2 aromatic heterocycles. The molecule has 1 aliphatic rings. The van der Waals surface area contributed by atoms with Crippen LogP contribution in [-0.4, -0.2) is 4.57 Å². The van der Waals surface area contributed by atoms with Crippen LogP contribution in [0, 0.1) is 0 Å². The van der Waals surface area contributed by atoms with Crippen LogP contribution in [0.5, 0.6) is 23.0 Å². The molecule has 0 radical (unpaired) electrons. The first-order valence-corrected chi connectivity index (χ1v) is 18.2. The van der Waals surface area contributed by atoms with Gasteiger partial charge in [-0.15, -0.1) is 0 Å². The first kappa shape index (κ1) is 31.0. The predicted molar refractivity (Wildman–Crippen MR) is 221 cm³/mol. The molecule has 0 saturated heterocycles. The maximum atomic E-state index is 13.2. The molecule has 6 heteroatoms. The van der Waals surface area contributed by atoms with Crippen LogP contribution in [0.15, 0.2) is 191 Å². The van der Waals surface area contributed by atoms with E-state index in [1.54, 1.807) is 6.07 Å². The first-order chi connectivity index (χ1) is 27.2. The van der Waals surface area contributed by atoms with Crippen molar-refractivity contribution in [2.75, 3.05) is 4.90 Å². The zero-order valence-corrected chi connectivity index (χ0v) is 29.3. The fourth-order valence-corrected chi connectivity index (χ4v) is 7.83. The largest absolute Gasteiger partial charge is 0.456 e. The number of fused-ring (bicyclic) bond motifs is 7. The molecule has 0 amide bonds. The van der Waals surface area contributed by atoms with Crippen LogP contribution in [0.3, 0.4) is 0 Å². The summed E-state index contributed by atoms with van der Waals surface area (Å²) in [5.74, 6) is 2.71. The van der Waals surface area contributed by atoms with Gasteiger partial charge in [-0.1, -0.05) is 84.9 Å². The Morgan fingerprint density at radius 1 is 0.400 bits per heavy atom. The number of benzene rings is 8. The van der Waals surface area contributed by atoms with Crippen LogP contribution in [0.25, 0.3) is 60.6 Å². The molecule has 55 heavy (non-hydrogen) atoms. The highest BCUT2D eigenvalue weighted by atomic mass is 16.6. The van der Waals surface area contributed by atoms with Crippen molar-refractivity contribution >= 4 is 60.8 Å². The molecule has 260 valence electrons. The number of ether oxygens (including phenoxy) is 2. The van der Waals surface area contributed by atoms with Gasteiger partial charge in [-0.25, -0.2) is 0 Å². The van der Waals surface area contributed by atoms with Crippen molar-refractivity contribution in [2.24, 2.45) is 0 Å². The van der Waals surface area contributed by atoms with Crippen LogP contribution >= 0.6 is 0 Å². The van der Waals surface area contributed by atoms with Gasteiger partial charge in [0.05, 0.1) is 21.8 Å². The molecular formula is C49H30N2O4. The van der Waals surface area contributed by atoms with Crippen molar-refractivity contribution in [1.29, 1.82) is 0 Å². The van der Waals surface area contributed by atoms with E-state index in [0.29, 0.717) is 44.9 Å². The molecule has 6 nitrogen and oxygen atoms in total. The Bertz CT molecular complexity index is 3130. The van der Waals surface area contributed by atoms with Gasteiger partial charge in [-0.3, -0.25) is 4.79 Å². The van der Waals surface area contributed by atoms with Gasteiger partial charge in [-0.05, 0) is 102 Å². The van der Waals surface area contributed by atoms with Crippen molar-refractivity contribution in [3.63, 3.8) is 0 Å². The number of para-hydroxylation sites is 5. The van der Waals surface area contributed by atoms with E-state index in [0.717, 1.165) is 55.7 Å². The molecule has 11 rings (SSSR count). The molecule has 1 aliphatic heterocycles. The summed E-state index contributed by atoms with van der Waals surface area (Å²) in [6, 6.07) is 61.1. The van der Waals surface area contributed by atoms with E-state index in [2.05, 4.69) is 113 Å². The van der Waals surface area contributed by atoms with E-state index < -0.39 is 0 Å². The number of rotatable bonds is 5. The maximum absolute atomic E-state index is 13.2. The summed E-state index contributed by atoms with van der Waals surface area (Å²) >= 11 is 0. The van der Waals surface area contributed by atoms with Crippen molar-refractivity contribution in [1.82, 2.24) is 4.57 Å². The predicted octanol–water partition coefficient (Wildman–Crippen LogP) is 13.1. The lowest BCUT2D eigenvalue weighted by Gasteiger charge is -2.25. The van der Waals surface area contributed by atoms with E-state index in [1.165, 1.54) is 0 Å². The monoisotopic (exact) mass is 710 g/mol. The average molecular weight is 711 g/mol. The van der Waals surface area contributed by atoms with Crippen molar-refractivity contribution in [2.45, 2.75) is 0 Å². The lowest BCUT2D eigenvalue weighted by Crippen LogP contribution is -2.09. The maximum Gasteiger partial charge on any atom is 0.200 e. The van der Waals surface area contributed by atoms with Gasteiger partial charge in [0.2, 0.25) is 5.43 Å². The third-order valence-corrected chi connectivity index (χ3v) is 10.4. The third-order valence-electron chi connectivity index (χ3n) is 10.4. The topological polar surface area (TPSA) is 56.8 Å². The number of hydrogen-bond donors (Lipinski definition) is 0. The van der Waals surface area contributed by atoms with Gasteiger partial charge >= 0.3 is 0 Å². The summed E-state index contributed by atoms with van der Waals surface area (Å²) < 4.78 is 21.3. The van der Waals surface area contributed by atoms with Crippen LogP contribution in [0.1, 0.15) is 0 Å². The second-order valence-electron chi connectivity index (χ2n) is 13.7. The van der Waals surface area contributed by atoms with E-state index >= 15 is 0 Å². The number of anilines is 3. The van der Waals surface area contributed by atoms with Crippen LogP contribution in [0.4, 0.5) is 17.1 Å². The number of hydrogen-bond acceptors (Lipinski definition) is 5. The standard InChI is InChI=1S/C49H30N2O4/c52-49-38-15-7-8-16-43(38)53-46-27-32(21-25-39(46)49)31-19-22-35(23-20-31)51-41-28-36(50(33-11-3-1-4-12-33)34-13-5-2-6-14-34)24-26-37(41)40-29-47-48(30-42(40)51)55-45-18-10-9-17-44(45)54-47/h1-30H. The smallest absolute Gasteiger partial charge is 0.200 e. The Balaban J connectivity index is 1.09. The third kappa shape index (κ3) is 5.07. The highest BCUT2D eigenvalue weighted by Crippen LogP contribution is 2.49. The van der Waals surface area contributed by atoms with Crippen molar-refractivity contribution in [3.8, 4) is 39.8 Å². The molecule has 8 aromatic carbocycles. The summed E-state index contributed by atoms with van der Waals surface area (Å²) in [5.41, 5.74) is 9.26. The molecule has 0 fully saturated rings. The molecular weight excluding hydrogens is 681 g/mol. The van der Waals surface area contributed by atoms with Gasteiger partial charge in [0.1, 0.15) is 11.2 Å². The van der Waals surface area contributed by atoms with Gasteiger partial charge in [-0.2, -0.15) is 0 Å². The Hall–Kier alpha value is -7.57. The fraction of sp³-hybridized carbons (Fsp3) is 0. The van der Waals surface area contributed by atoms with Gasteiger partial charge in [0, 0.05) is 39.6 Å². The summed E-state index contributed by atoms with van der Waals surface area (Å²) in [6.07, 6.45) is 0.